The number of aromatic nitrogens is 2. The summed E-state index contributed by atoms with van der Waals surface area (Å²) in [5.74, 6) is 0.383. The third-order valence-electron chi connectivity index (χ3n) is 2.02. The minimum atomic E-state index is -4.47. The largest absolute Gasteiger partial charge is 0.433 e. The van der Waals surface area contributed by atoms with Gasteiger partial charge in [0.25, 0.3) is 0 Å². The molecule has 2 aromatic heterocycles. The smallest absolute Gasteiger partial charge is 0.325 e. The Labute approximate surface area is 106 Å². The Balaban J connectivity index is 2.25. The molecule has 3 nitrogen and oxygen atoms in total. The molecular weight excluding hydrogens is 267 g/mol. The van der Waals surface area contributed by atoms with Gasteiger partial charge in [0.2, 0.25) is 0 Å². The molecule has 0 aromatic carbocycles. The fraction of sp³-hybridized carbons (Fsp3) is 0.0909. The molecule has 7 heteroatoms. The molecule has 0 fully saturated rings. The highest BCUT2D eigenvalue weighted by molar-refractivity contribution is 6.30. The molecule has 0 aliphatic rings. The molecule has 94 valence electrons. The monoisotopic (exact) mass is 273 g/mol. The van der Waals surface area contributed by atoms with E-state index in [2.05, 4.69) is 15.3 Å². The van der Waals surface area contributed by atoms with E-state index >= 15 is 0 Å². The van der Waals surface area contributed by atoms with Crippen LogP contribution in [0.2, 0.25) is 5.02 Å². The minimum absolute atomic E-state index is 0.0552. The van der Waals surface area contributed by atoms with Gasteiger partial charge in [0.05, 0.1) is 0 Å². The lowest BCUT2D eigenvalue weighted by Gasteiger charge is -2.09. The Morgan fingerprint density at radius 2 is 1.89 bits per heavy atom. The molecule has 0 spiro atoms. The third kappa shape index (κ3) is 3.10. The van der Waals surface area contributed by atoms with Crippen molar-refractivity contribution < 1.29 is 13.2 Å². The fourth-order valence-corrected chi connectivity index (χ4v) is 1.43. The van der Waals surface area contributed by atoms with Crippen LogP contribution in [-0.4, -0.2) is 9.97 Å². The summed E-state index contributed by atoms with van der Waals surface area (Å²) in [4.78, 5) is 7.36. The number of nitrogens with zero attached hydrogens (tertiary/aromatic N) is 2. The molecule has 0 amide bonds. The molecule has 2 rings (SSSR count). The van der Waals surface area contributed by atoms with E-state index in [9.17, 15) is 13.2 Å². The maximum atomic E-state index is 12.4. The quantitative estimate of drug-likeness (QED) is 0.902. The molecular formula is C11H7ClF3N3. The van der Waals surface area contributed by atoms with Crippen LogP contribution in [0.25, 0.3) is 0 Å². The molecule has 2 heterocycles. The lowest BCUT2D eigenvalue weighted by molar-refractivity contribution is -0.141. The normalized spacial score (nSPS) is 11.3. The van der Waals surface area contributed by atoms with Crippen molar-refractivity contribution in [1.82, 2.24) is 9.97 Å². The second-order valence-corrected chi connectivity index (χ2v) is 3.83. The van der Waals surface area contributed by atoms with Crippen LogP contribution in [0, 0.1) is 0 Å². The number of hydrogen-bond acceptors (Lipinski definition) is 3. The van der Waals surface area contributed by atoms with Gasteiger partial charge in [-0.05, 0) is 24.3 Å². The maximum Gasteiger partial charge on any atom is 0.433 e. The molecule has 18 heavy (non-hydrogen) atoms. The highest BCUT2D eigenvalue weighted by atomic mass is 35.5. The Bertz CT molecular complexity index is 557. The molecule has 0 saturated heterocycles. The highest BCUT2D eigenvalue weighted by Crippen LogP contribution is 2.28. The van der Waals surface area contributed by atoms with Crippen LogP contribution in [0.15, 0.2) is 36.5 Å². The first kappa shape index (κ1) is 12.6. The maximum absolute atomic E-state index is 12.4. The molecule has 2 aromatic rings. The van der Waals surface area contributed by atoms with E-state index in [1.165, 1.54) is 24.4 Å². The van der Waals surface area contributed by atoms with Crippen molar-refractivity contribution in [2.75, 3.05) is 5.32 Å². The molecule has 0 saturated carbocycles. The van der Waals surface area contributed by atoms with Crippen molar-refractivity contribution in [2.24, 2.45) is 0 Å². The average molecular weight is 274 g/mol. The lowest BCUT2D eigenvalue weighted by Crippen LogP contribution is -2.09. The summed E-state index contributed by atoms with van der Waals surface area (Å²) in [5.41, 5.74) is -0.963. The van der Waals surface area contributed by atoms with Gasteiger partial charge < -0.3 is 5.32 Å². The Hall–Kier alpha value is -1.82. The van der Waals surface area contributed by atoms with E-state index in [1.807, 2.05) is 0 Å². The number of hydrogen-bond donors (Lipinski definition) is 1. The SMILES string of the molecule is FC(F)(F)c1cccc(Nc2cc(Cl)ccn2)n1. The molecule has 0 aliphatic carbocycles. The molecule has 0 bridgehead atoms. The van der Waals surface area contributed by atoms with Crippen LogP contribution < -0.4 is 5.32 Å². The summed E-state index contributed by atoms with van der Waals surface area (Å²) in [6.45, 7) is 0. The summed E-state index contributed by atoms with van der Waals surface area (Å²) < 4.78 is 37.3. The number of alkyl halides is 3. The van der Waals surface area contributed by atoms with Crippen molar-refractivity contribution in [1.29, 1.82) is 0 Å². The van der Waals surface area contributed by atoms with E-state index in [4.69, 9.17) is 11.6 Å². The summed E-state index contributed by atoms with van der Waals surface area (Å²) in [6.07, 6.45) is -3.03. The van der Waals surface area contributed by atoms with Crippen molar-refractivity contribution >= 4 is 23.2 Å². The van der Waals surface area contributed by atoms with Crippen LogP contribution in [0.1, 0.15) is 5.69 Å². The molecule has 0 unspecified atom stereocenters. The van der Waals surface area contributed by atoms with E-state index in [-0.39, 0.29) is 5.82 Å². The van der Waals surface area contributed by atoms with E-state index < -0.39 is 11.9 Å². The zero-order chi connectivity index (χ0) is 13.2. The van der Waals surface area contributed by atoms with Gasteiger partial charge in [-0.25, -0.2) is 9.97 Å². The predicted octanol–water partition coefficient (Wildman–Crippen LogP) is 3.89. The van der Waals surface area contributed by atoms with E-state index in [0.717, 1.165) is 6.07 Å². The summed E-state index contributed by atoms with van der Waals surface area (Å²) >= 11 is 5.73. The van der Waals surface area contributed by atoms with Gasteiger partial charge in [0.1, 0.15) is 17.3 Å². The van der Waals surface area contributed by atoms with Crippen LogP contribution in [0.5, 0.6) is 0 Å². The summed E-state index contributed by atoms with van der Waals surface area (Å²) in [5, 5.41) is 3.08. The highest BCUT2D eigenvalue weighted by Gasteiger charge is 2.32. The first-order chi connectivity index (χ1) is 8.45. The second-order valence-electron chi connectivity index (χ2n) is 3.39. The summed E-state index contributed by atoms with van der Waals surface area (Å²) in [6, 6.07) is 6.63. The van der Waals surface area contributed by atoms with Gasteiger partial charge in [0.15, 0.2) is 0 Å². The molecule has 0 aliphatic heterocycles. The number of pyridine rings is 2. The fourth-order valence-electron chi connectivity index (χ4n) is 1.27. The Kier molecular flexibility index (Phi) is 3.38. The first-order valence-electron chi connectivity index (χ1n) is 4.88. The van der Waals surface area contributed by atoms with Crippen molar-refractivity contribution in [3.05, 3.63) is 47.2 Å². The van der Waals surface area contributed by atoms with Gasteiger partial charge in [-0.1, -0.05) is 17.7 Å². The van der Waals surface area contributed by atoms with Gasteiger partial charge in [-0.15, -0.1) is 0 Å². The number of nitrogens with one attached hydrogen (secondary N) is 1. The number of anilines is 2. The number of rotatable bonds is 2. The predicted molar refractivity (Wildman–Crippen MR) is 61.8 cm³/mol. The van der Waals surface area contributed by atoms with Crippen LogP contribution in [0.4, 0.5) is 24.8 Å². The van der Waals surface area contributed by atoms with E-state index in [1.54, 1.807) is 6.07 Å². The van der Waals surface area contributed by atoms with Crippen LogP contribution in [-0.2, 0) is 6.18 Å². The van der Waals surface area contributed by atoms with Gasteiger partial charge in [-0.3, -0.25) is 0 Å². The second kappa shape index (κ2) is 4.81. The standard InChI is InChI=1S/C11H7ClF3N3/c12-7-4-5-16-10(6-7)18-9-3-1-2-8(17-9)11(13,14)15/h1-6H,(H,16,17,18). The third-order valence-corrected chi connectivity index (χ3v) is 2.25. The Morgan fingerprint density at radius 3 is 2.56 bits per heavy atom. The zero-order valence-electron chi connectivity index (χ0n) is 8.87. The van der Waals surface area contributed by atoms with Crippen LogP contribution >= 0.6 is 11.6 Å². The number of halogens is 4. The molecule has 0 radical (unpaired) electrons. The van der Waals surface area contributed by atoms with Crippen LogP contribution in [0.3, 0.4) is 0 Å². The summed E-state index contributed by atoms with van der Waals surface area (Å²) in [7, 11) is 0. The van der Waals surface area contributed by atoms with Gasteiger partial charge in [-0.2, -0.15) is 13.2 Å². The molecule has 1 N–H and O–H groups in total. The Morgan fingerprint density at radius 1 is 1.11 bits per heavy atom. The van der Waals surface area contributed by atoms with Gasteiger partial charge >= 0.3 is 6.18 Å². The van der Waals surface area contributed by atoms with Crippen molar-refractivity contribution in [2.45, 2.75) is 6.18 Å². The van der Waals surface area contributed by atoms with Crippen molar-refractivity contribution in [3.63, 3.8) is 0 Å². The zero-order valence-corrected chi connectivity index (χ0v) is 9.63. The topological polar surface area (TPSA) is 37.8 Å². The minimum Gasteiger partial charge on any atom is -0.325 e. The van der Waals surface area contributed by atoms with E-state index in [0.29, 0.717) is 10.8 Å². The van der Waals surface area contributed by atoms with Gasteiger partial charge in [0, 0.05) is 11.2 Å². The first-order valence-corrected chi connectivity index (χ1v) is 5.26. The lowest BCUT2D eigenvalue weighted by atomic mass is 10.3. The molecule has 0 atom stereocenters. The average Bonchev–Trinajstić information content (AvgIpc) is 2.28. The van der Waals surface area contributed by atoms with Crippen molar-refractivity contribution in [3.8, 4) is 0 Å².